The summed E-state index contributed by atoms with van der Waals surface area (Å²) in [7, 11) is 1.61. The van der Waals surface area contributed by atoms with Crippen LogP contribution >= 0.6 is 15.9 Å². The van der Waals surface area contributed by atoms with Gasteiger partial charge in [-0.3, -0.25) is 14.4 Å². The quantitative estimate of drug-likeness (QED) is 0.521. The van der Waals surface area contributed by atoms with E-state index in [1.165, 1.54) is 11.8 Å². The number of methoxy groups -OCH3 is 1. The average Bonchev–Trinajstić information content (AvgIpc) is 2.92. The number of benzene rings is 2. The Morgan fingerprint density at radius 2 is 1.70 bits per heavy atom. The lowest BCUT2D eigenvalue weighted by atomic mass is 9.90. The van der Waals surface area contributed by atoms with Crippen LogP contribution in [0, 0.1) is 5.92 Å². The van der Waals surface area contributed by atoms with Gasteiger partial charge in [0.25, 0.3) is 5.91 Å². The van der Waals surface area contributed by atoms with Crippen LogP contribution in [-0.2, 0) is 20.8 Å². The summed E-state index contributed by atoms with van der Waals surface area (Å²) in [4.78, 5) is 38.7. The number of halogens is 1. The Morgan fingerprint density at radius 3 is 2.26 bits per heavy atom. The van der Waals surface area contributed by atoms with E-state index >= 15 is 0 Å². The van der Waals surface area contributed by atoms with E-state index < -0.39 is 23.7 Å². The van der Waals surface area contributed by atoms with Crippen molar-refractivity contribution in [1.29, 1.82) is 0 Å². The Hall–Kier alpha value is -2.47. The van der Waals surface area contributed by atoms with Gasteiger partial charge in [-0.2, -0.15) is 0 Å². The zero-order valence-electron chi connectivity index (χ0n) is 15.1. The number of likely N-dealkylation sites (tertiary alicyclic amines) is 1. The number of carbonyl (C=O) groups is 3. The number of hydrogen-bond donors (Lipinski definition) is 0. The molecule has 6 heteroatoms. The van der Waals surface area contributed by atoms with E-state index in [9.17, 15) is 14.4 Å². The topological polar surface area (TPSA) is 63.7 Å². The van der Waals surface area contributed by atoms with E-state index in [-0.39, 0.29) is 5.78 Å². The van der Waals surface area contributed by atoms with Crippen LogP contribution in [0.2, 0.25) is 0 Å². The van der Waals surface area contributed by atoms with Crippen LogP contribution in [0.1, 0.15) is 24.1 Å². The molecule has 2 atom stereocenters. The molecular weight excluding hydrogens is 410 g/mol. The number of carbonyl (C=O) groups excluding carboxylic acids is 3. The smallest absolute Gasteiger partial charge is 0.291 e. The third-order valence-electron chi connectivity index (χ3n) is 4.86. The Kier molecular flexibility index (Phi) is 5.75. The zero-order valence-corrected chi connectivity index (χ0v) is 16.7. The number of Topliss-reactive ketones (excluding diaryl/α,β-unsaturated/α-hetero) is 2. The minimum atomic E-state index is -0.949. The molecular formula is C21H20BrNO4. The number of ketones is 2. The largest absolute Gasteiger partial charge is 0.497 e. The predicted molar refractivity (Wildman–Crippen MR) is 104 cm³/mol. The highest BCUT2D eigenvalue weighted by molar-refractivity contribution is 9.10. The number of ether oxygens (including phenoxy) is 1. The molecule has 140 valence electrons. The first-order chi connectivity index (χ1) is 12.9. The molecule has 1 aliphatic rings. The lowest BCUT2D eigenvalue weighted by Gasteiger charge is -2.27. The van der Waals surface area contributed by atoms with Crippen molar-refractivity contribution in [2.24, 2.45) is 5.92 Å². The lowest BCUT2D eigenvalue weighted by Crippen LogP contribution is -2.32. The van der Waals surface area contributed by atoms with Crippen LogP contribution in [0.3, 0.4) is 0 Å². The molecule has 2 unspecified atom stereocenters. The maximum atomic E-state index is 12.6. The van der Waals surface area contributed by atoms with Crippen LogP contribution in [0.5, 0.6) is 5.75 Å². The minimum Gasteiger partial charge on any atom is -0.497 e. The van der Waals surface area contributed by atoms with Gasteiger partial charge in [0.1, 0.15) is 17.5 Å². The molecule has 0 radical (unpaired) electrons. The predicted octanol–water partition coefficient (Wildman–Crippen LogP) is 3.36. The SMILES string of the molecule is COc1ccc(CCN2C(=O)C(=O)C(C(C)=O)C2c2ccc(Br)cc2)cc1. The average molecular weight is 430 g/mol. The molecule has 0 aromatic heterocycles. The summed E-state index contributed by atoms with van der Waals surface area (Å²) in [6.45, 7) is 1.73. The lowest BCUT2D eigenvalue weighted by molar-refractivity contribution is -0.142. The maximum Gasteiger partial charge on any atom is 0.291 e. The van der Waals surface area contributed by atoms with Crippen molar-refractivity contribution in [3.63, 3.8) is 0 Å². The second kappa shape index (κ2) is 8.05. The van der Waals surface area contributed by atoms with Crippen molar-refractivity contribution < 1.29 is 19.1 Å². The van der Waals surface area contributed by atoms with Gasteiger partial charge in [-0.05, 0) is 48.7 Å². The fourth-order valence-electron chi connectivity index (χ4n) is 3.45. The molecule has 1 fully saturated rings. The molecule has 1 saturated heterocycles. The van der Waals surface area contributed by atoms with Gasteiger partial charge < -0.3 is 9.64 Å². The molecule has 0 N–H and O–H groups in total. The molecule has 0 aliphatic carbocycles. The van der Waals surface area contributed by atoms with Crippen LogP contribution < -0.4 is 4.74 Å². The summed E-state index contributed by atoms with van der Waals surface area (Å²) in [5.41, 5.74) is 1.81. The summed E-state index contributed by atoms with van der Waals surface area (Å²) in [6.07, 6.45) is 0.584. The maximum absolute atomic E-state index is 12.6. The first-order valence-electron chi connectivity index (χ1n) is 8.66. The van der Waals surface area contributed by atoms with Crippen molar-refractivity contribution in [3.05, 3.63) is 64.1 Å². The Morgan fingerprint density at radius 1 is 1.07 bits per heavy atom. The molecule has 0 bridgehead atoms. The van der Waals surface area contributed by atoms with Crippen molar-refractivity contribution >= 4 is 33.4 Å². The van der Waals surface area contributed by atoms with E-state index in [0.717, 1.165) is 21.3 Å². The molecule has 27 heavy (non-hydrogen) atoms. The number of nitrogens with zero attached hydrogens (tertiary/aromatic N) is 1. The van der Waals surface area contributed by atoms with Crippen molar-refractivity contribution in [1.82, 2.24) is 4.90 Å². The molecule has 3 rings (SSSR count). The van der Waals surface area contributed by atoms with E-state index in [1.807, 2.05) is 48.5 Å². The summed E-state index contributed by atoms with van der Waals surface area (Å²) < 4.78 is 6.05. The van der Waals surface area contributed by atoms with Crippen LogP contribution in [0.15, 0.2) is 53.0 Å². The normalized spacial score (nSPS) is 19.4. The standard InChI is InChI=1S/C21H20BrNO4/c1-13(24)18-19(15-5-7-16(22)8-6-15)23(21(26)20(18)25)12-11-14-3-9-17(27-2)10-4-14/h3-10,18-19H,11-12H2,1-2H3. The second-order valence-electron chi connectivity index (χ2n) is 6.55. The molecule has 0 saturated carbocycles. The first kappa shape index (κ1) is 19.3. The van der Waals surface area contributed by atoms with Crippen LogP contribution in [0.25, 0.3) is 0 Å². The molecule has 1 aliphatic heterocycles. The fraction of sp³-hybridized carbons (Fsp3) is 0.286. The van der Waals surface area contributed by atoms with E-state index in [2.05, 4.69) is 15.9 Å². The van der Waals surface area contributed by atoms with Crippen molar-refractivity contribution in [3.8, 4) is 5.75 Å². The fourth-order valence-corrected chi connectivity index (χ4v) is 3.71. The van der Waals surface area contributed by atoms with Gasteiger partial charge in [-0.15, -0.1) is 0 Å². The van der Waals surface area contributed by atoms with Gasteiger partial charge >= 0.3 is 0 Å². The number of hydrogen-bond acceptors (Lipinski definition) is 4. The van der Waals surface area contributed by atoms with Crippen LogP contribution in [-0.4, -0.2) is 36.0 Å². The van der Waals surface area contributed by atoms with Crippen LogP contribution in [0.4, 0.5) is 0 Å². The molecule has 1 heterocycles. The Bertz CT molecular complexity index is 861. The van der Waals surface area contributed by atoms with Crippen molar-refractivity contribution in [2.45, 2.75) is 19.4 Å². The van der Waals surface area contributed by atoms with E-state index in [4.69, 9.17) is 4.74 Å². The molecule has 2 aromatic rings. The molecule has 2 aromatic carbocycles. The van der Waals surface area contributed by atoms with E-state index in [0.29, 0.717) is 13.0 Å². The highest BCUT2D eigenvalue weighted by atomic mass is 79.9. The van der Waals surface area contributed by atoms with Gasteiger partial charge in [0.15, 0.2) is 0 Å². The van der Waals surface area contributed by atoms with Gasteiger partial charge in [-0.25, -0.2) is 0 Å². The summed E-state index contributed by atoms with van der Waals surface area (Å²) in [6, 6.07) is 14.4. The highest BCUT2D eigenvalue weighted by Crippen LogP contribution is 2.37. The third kappa shape index (κ3) is 3.95. The van der Waals surface area contributed by atoms with E-state index in [1.54, 1.807) is 7.11 Å². The van der Waals surface area contributed by atoms with Gasteiger partial charge in [0.05, 0.1) is 13.2 Å². The Balaban J connectivity index is 1.87. The highest BCUT2D eigenvalue weighted by Gasteiger charge is 2.49. The molecule has 1 amide bonds. The number of rotatable bonds is 6. The third-order valence-corrected chi connectivity index (χ3v) is 5.38. The second-order valence-corrected chi connectivity index (χ2v) is 7.46. The first-order valence-corrected chi connectivity index (χ1v) is 9.45. The van der Waals surface area contributed by atoms with Gasteiger partial charge in [-0.1, -0.05) is 40.2 Å². The van der Waals surface area contributed by atoms with Gasteiger partial charge in [0, 0.05) is 11.0 Å². The van der Waals surface area contributed by atoms with Gasteiger partial charge in [0.2, 0.25) is 5.78 Å². The zero-order chi connectivity index (χ0) is 19.6. The van der Waals surface area contributed by atoms with Crippen molar-refractivity contribution in [2.75, 3.05) is 13.7 Å². The summed E-state index contributed by atoms with van der Waals surface area (Å²) in [5, 5.41) is 0. The Labute approximate surface area is 166 Å². The monoisotopic (exact) mass is 429 g/mol. The summed E-state index contributed by atoms with van der Waals surface area (Å²) >= 11 is 3.39. The number of amides is 1. The summed E-state index contributed by atoms with van der Waals surface area (Å²) in [5.74, 6) is -1.68. The molecule has 0 spiro atoms. The minimum absolute atomic E-state index is 0.284. The molecule has 5 nitrogen and oxygen atoms in total.